The fraction of sp³-hybridized carbons (Fsp3) is 0.429. The molecule has 0 bridgehead atoms. The van der Waals surface area contributed by atoms with Gasteiger partial charge in [0, 0.05) is 45.7 Å². The summed E-state index contributed by atoms with van der Waals surface area (Å²) in [6, 6.07) is 8.33. The molecule has 0 radical (unpaired) electrons. The lowest BCUT2D eigenvalue weighted by atomic mass is 10.2. The summed E-state index contributed by atoms with van der Waals surface area (Å²) in [5.41, 5.74) is 1.08. The third-order valence-corrected chi connectivity index (χ3v) is 4.97. The normalized spacial score (nSPS) is 14.2. The molecule has 7 heteroatoms. The van der Waals surface area contributed by atoms with E-state index < -0.39 is 0 Å². The number of carbonyl (C=O) groups excluding carboxylic acids is 2. The Bertz CT molecular complexity index is 786. The highest BCUT2D eigenvalue weighted by molar-refractivity contribution is 5.94. The van der Waals surface area contributed by atoms with Crippen LogP contribution in [0.1, 0.15) is 30.1 Å². The monoisotopic (exact) mass is 387 g/mol. The Balaban J connectivity index is 1.51. The zero-order valence-electron chi connectivity index (χ0n) is 16.1. The number of hydrogen-bond donors (Lipinski definition) is 0. The minimum Gasteiger partial charge on any atom is -0.472 e. The lowest BCUT2D eigenvalue weighted by Gasteiger charge is -2.36. The van der Waals surface area contributed by atoms with Crippen molar-refractivity contribution in [2.45, 2.75) is 19.8 Å². The summed E-state index contributed by atoms with van der Waals surface area (Å²) in [5, 5.41) is 0. The van der Waals surface area contributed by atoms with Crippen LogP contribution in [0.3, 0.4) is 0 Å². The highest BCUT2D eigenvalue weighted by Crippen LogP contribution is 2.20. The number of furan rings is 1. The SMILES string of the molecule is CCCN(CCC(=O)N1CCN(c2ccccc2F)CC1)C(=O)c1ccoc1. The van der Waals surface area contributed by atoms with Crippen LogP contribution in [0, 0.1) is 5.82 Å². The Kier molecular flexibility index (Phi) is 6.68. The van der Waals surface area contributed by atoms with Gasteiger partial charge < -0.3 is 19.1 Å². The molecule has 1 saturated heterocycles. The molecule has 2 aromatic rings. The Morgan fingerprint density at radius 2 is 1.86 bits per heavy atom. The van der Waals surface area contributed by atoms with E-state index in [9.17, 15) is 14.0 Å². The van der Waals surface area contributed by atoms with Crippen LogP contribution in [0.2, 0.25) is 0 Å². The third-order valence-electron chi connectivity index (χ3n) is 4.97. The molecule has 1 aliphatic heterocycles. The maximum Gasteiger partial charge on any atom is 0.257 e. The molecule has 1 aromatic heterocycles. The molecule has 0 unspecified atom stereocenters. The van der Waals surface area contributed by atoms with Crippen LogP contribution in [-0.2, 0) is 4.79 Å². The Hall–Kier alpha value is -2.83. The van der Waals surface area contributed by atoms with Crippen molar-refractivity contribution in [1.82, 2.24) is 9.80 Å². The van der Waals surface area contributed by atoms with Gasteiger partial charge in [-0.2, -0.15) is 0 Å². The van der Waals surface area contributed by atoms with Crippen LogP contribution in [-0.4, -0.2) is 60.9 Å². The number of rotatable bonds is 7. The van der Waals surface area contributed by atoms with Crippen molar-refractivity contribution < 1.29 is 18.4 Å². The van der Waals surface area contributed by atoms with Gasteiger partial charge in [0.2, 0.25) is 5.91 Å². The summed E-state index contributed by atoms with van der Waals surface area (Å²) in [4.78, 5) is 30.6. The summed E-state index contributed by atoms with van der Waals surface area (Å²) < 4.78 is 18.9. The number of halogens is 1. The standard InChI is InChI=1S/C21H26FN3O3/c1-2-9-25(21(27)17-8-15-28-16-17)10-7-20(26)24-13-11-23(12-14-24)19-6-4-3-5-18(19)22/h3-6,8,15-16H,2,7,9-14H2,1H3. The second-order valence-corrected chi connectivity index (χ2v) is 6.87. The van der Waals surface area contributed by atoms with Gasteiger partial charge in [-0.15, -0.1) is 0 Å². The van der Waals surface area contributed by atoms with Crippen molar-refractivity contribution in [1.29, 1.82) is 0 Å². The quantitative estimate of drug-likeness (QED) is 0.733. The van der Waals surface area contributed by atoms with Crippen LogP contribution < -0.4 is 4.90 Å². The third kappa shape index (κ3) is 4.71. The molecule has 0 saturated carbocycles. The van der Waals surface area contributed by atoms with Crippen molar-refractivity contribution in [3.05, 3.63) is 54.2 Å². The van der Waals surface area contributed by atoms with Crippen molar-refractivity contribution in [3.8, 4) is 0 Å². The number of anilines is 1. The van der Waals surface area contributed by atoms with Gasteiger partial charge in [0.25, 0.3) is 5.91 Å². The zero-order chi connectivity index (χ0) is 19.9. The van der Waals surface area contributed by atoms with Crippen LogP contribution in [0.25, 0.3) is 0 Å². The molecule has 0 aliphatic carbocycles. The lowest BCUT2D eigenvalue weighted by Crippen LogP contribution is -2.49. The molecule has 6 nitrogen and oxygen atoms in total. The van der Waals surface area contributed by atoms with Crippen molar-refractivity contribution >= 4 is 17.5 Å². The smallest absolute Gasteiger partial charge is 0.257 e. The van der Waals surface area contributed by atoms with Crippen molar-refractivity contribution in [2.24, 2.45) is 0 Å². The highest BCUT2D eigenvalue weighted by atomic mass is 19.1. The predicted molar refractivity (Wildman–Crippen MR) is 105 cm³/mol. The Labute approximate surface area is 164 Å². The van der Waals surface area contributed by atoms with Gasteiger partial charge in [0.15, 0.2) is 0 Å². The maximum absolute atomic E-state index is 13.9. The van der Waals surface area contributed by atoms with E-state index in [2.05, 4.69) is 0 Å². The zero-order valence-corrected chi connectivity index (χ0v) is 16.1. The first-order valence-corrected chi connectivity index (χ1v) is 9.69. The van der Waals surface area contributed by atoms with Crippen LogP contribution in [0.4, 0.5) is 10.1 Å². The summed E-state index contributed by atoms with van der Waals surface area (Å²) in [6.07, 6.45) is 3.99. The summed E-state index contributed by atoms with van der Waals surface area (Å²) >= 11 is 0. The highest BCUT2D eigenvalue weighted by Gasteiger charge is 2.24. The fourth-order valence-corrected chi connectivity index (χ4v) is 3.45. The molecule has 1 aromatic carbocycles. The second-order valence-electron chi connectivity index (χ2n) is 6.87. The molecule has 28 heavy (non-hydrogen) atoms. The first kappa shape index (κ1) is 19.9. The summed E-state index contributed by atoms with van der Waals surface area (Å²) in [6.45, 7) is 5.27. The predicted octanol–water partition coefficient (Wildman–Crippen LogP) is 3.01. The molecule has 0 spiro atoms. The molecular weight excluding hydrogens is 361 g/mol. The molecule has 2 heterocycles. The van der Waals surface area contributed by atoms with Gasteiger partial charge in [0.05, 0.1) is 17.5 Å². The van der Waals surface area contributed by atoms with E-state index in [1.54, 1.807) is 28.0 Å². The molecule has 3 rings (SSSR count). The lowest BCUT2D eigenvalue weighted by molar-refractivity contribution is -0.131. The molecule has 0 N–H and O–H groups in total. The van der Waals surface area contributed by atoms with E-state index in [1.807, 2.05) is 17.9 Å². The van der Waals surface area contributed by atoms with Gasteiger partial charge in [0.1, 0.15) is 12.1 Å². The van der Waals surface area contributed by atoms with E-state index in [-0.39, 0.29) is 24.1 Å². The first-order valence-electron chi connectivity index (χ1n) is 9.69. The molecule has 2 amide bonds. The molecule has 0 atom stereocenters. The van der Waals surface area contributed by atoms with Crippen LogP contribution in [0.15, 0.2) is 47.3 Å². The number of amides is 2. The number of benzene rings is 1. The van der Waals surface area contributed by atoms with E-state index in [4.69, 9.17) is 4.42 Å². The number of para-hydroxylation sites is 1. The minimum absolute atomic E-state index is 0.0225. The average Bonchev–Trinajstić information content (AvgIpc) is 3.26. The number of hydrogen-bond acceptors (Lipinski definition) is 4. The maximum atomic E-state index is 13.9. The van der Waals surface area contributed by atoms with Gasteiger partial charge in [-0.3, -0.25) is 9.59 Å². The van der Waals surface area contributed by atoms with Crippen LogP contribution >= 0.6 is 0 Å². The topological polar surface area (TPSA) is 57.0 Å². The molecule has 1 fully saturated rings. The first-order chi connectivity index (χ1) is 13.6. The number of nitrogens with zero attached hydrogens (tertiary/aromatic N) is 3. The second kappa shape index (κ2) is 9.39. The van der Waals surface area contributed by atoms with E-state index in [1.165, 1.54) is 18.6 Å². The molecule has 150 valence electrons. The van der Waals surface area contributed by atoms with Crippen molar-refractivity contribution in [2.75, 3.05) is 44.2 Å². The van der Waals surface area contributed by atoms with E-state index in [0.29, 0.717) is 50.5 Å². The minimum atomic E-state index is -0.241. The van der Waals surface area contributed by atoms with Gasteiger partial charge in [-0.05, 0) is 24.6 Å². The van der Waals surface area contributed by atoms with Crippen LogP contribution in [0.5, 0.6) is 0 Å². The fourth-order valence-electron chi connectivity index (χ4n) is 3.45. The molecular formula is C21H26FN3O3. The molecule has 1 aliphatic rings. The summed E-state index contributed by atoms with van der Waals surface area (Å²) in [5.74, 6) is -0.336. The average molecular weight is 387 g/mol. The Morgan fingerprint density at radius 3 is 2.50 bits per heavy atom. The van der Waals surface area contributed by atoms with Gasteiger partial charge in [-0.25, -0.2) is 4.39 Å². The largest absolute Gasteiger partial charge is 0.472 e. The van der Waals surface area contributed by atoms with E-state index >= 15 is 0 Å². The van der Waals surface area contributed by atoms with Gasteiger partial charge >= 0.3 is 0 Å². The number of piperazine rings is 1. The van der Waals surface area contributed by atoms with Gasteiger partial charge in [-0.1, -0.05) is 19.1 Å². The summed E-state index contributed by atoms with van der Waals surface area (Å²) in [7, 11) is 0. The van der Waals surface area contributed by atoms with E-state index in [0.717, 1.165) is 6.42 Å². The Morgan fingerprint density at radius 1 is 1.11 bits per heavy atom. The van der Waals surface area contributed by atoms with Crippen molar-refractivity contribution in [3.63, 3.8) is 0 Å². The number of carbonyl (C=O) groups is 2.